The van der Waals surface area contributed by atoms with Crippen LogP contribution in [0.5, 0.6) is 0 Å². The predicted molar refractivity (Wildman–Crippen MR) is 81.9 cm³/mol. The Morgan fingerprint density at radius 1 is 1.29 bits per heavy atom. The number of aromatic nitrogens is 3. The molecule has 0 saturated heterocycles. The third-order valence-corrected chi connectivity index (χ3v) is 3.24. The van der Waals surface area contributed by atoms with Crippen molar-refractivity contribution in [1.29, 1.82) is 0 Å². The van der Waals surface area contributed by atoms with E-state index in [-0.39, 0.29) is 5.82 Å². The van der Waals surface area contributed by atoms with Gasteiger partial charge >= 0.3 is 0 Å². The summed E-state index contributed by atoms with van der Waals surface area (Å²) in [5.74, 6) is 1.44. The molecule has 2 aromatic heterocycles. The molecule has 5 heteroatoms. The highest BCUT2D eigenvalue weighted by Gasteiger charge is 2.13. The van der Waals surface area contributed by atoms with Crippen LogP contribution in [-0.2, 0) is 13.0 Å². The van der Waals surface area contributed by atoms with Gasteiger partial charge in [0.15, 0.2) is 11.6 Å². The van der Waals surface area contributed by atoms with E-state index in [1.165, 1.54) is 0 Å². The van der Waals surface area contributed by atoms with E-state index in [0.29, 0.717) is 23.8 Å². The zero-order valence-corrected chi connectivity index (χ0v) is 12.9. The molecule has 0 radical (unpaired) electrons. The SMILES string of the molecule is CCCc1nccn1-c1nccc(CNCC(C)C)c1F. The van der Waals surface area contributed by atoms with Gasteiger partial charge in [0.1, 0.15) is 5.82 Å². The van der Waals surface area contributed by atoms with E-state index in [1.807, 2.05) is 0 Å². The number of hydrogen-bond donors (Lipinski definition) is 1. The third kappa shape index (κ3) is 3.88. The van der Waals surface area contributed by atoms with Gasteiger partial charge in [0, 0.05) is 37.1 Å². The summed E-state index contributed by atoms with van der Waals surface area (Å²) in [5, 5.41) is 3.26. The second kappa shape index (κ2) is 7.31. The van der Waals surface area contributed by atoms with Gasteiger partial charge in [-0.1, -0.05) is 20.8 Å². The lowest BCUT2D eigenvalue weighted by Gasteiger charge is -2.12. The second-order valence-electron chi connectivity index (χ2n) is 5.60. The van der Waals surface area contributed by atoms with Crippen molar-refractivity contribution in [2.24, 2.45) is 5.92 Å². The molecule has 0 bridgehead atoms. The Morgan fingerprint density at radius 2 is 2.10 bits per heavy atom. The zero-order chi connectivity index (χ0) is 15.2. The minimum atomic E-state index is -0.274. The Morgan fingerprint density at radius 3 is 2.81 bits per heavy atom. The molecular formula is C16H23FN4. The fourth-order valence-electron chi connectivity index (χ4n) is 2.21. The first-order valence-electron chi connectivity index (χ1n) is 7.50. The first-order chi connectivity index (χ1) is 10.1. The smallest absolute Gasteiger partial charge is 0.174 e. The molecule has 2 aromatic rings. The molecule has 4 nitrogen and oxygen atoms in total. The molecule has 0 fully saturated rings. The highest BCUT2D eigenvalue weighted by Crippen LogP contribution is 2.17. The van der Waals surface area contributed by atoms with Crippen LogP contribution in [0.4, 0.5) is 4.39 Å². The summed E-state index contributed by atoms with van der Waals surface area (Å²) in [7, 11) is 0. The van der Waals surface area contributed by atoms with Crippen LogP contribution < -0.4 is 5.32 Å². The fraction of sp³-hybridized carbons (Fsp3) is 0.500. The number of nitrogens with zero attached hydrogens (tertiary/aromatic N) is 3. The van der Waals surface area contributed by atoms with Gasteiger partial charge < -0.3 is 5.32 Å². The fourth-order valence-corrected chi connectivity index (χ4v) is 2.21. The van der Waals surface area contributed by atoms with Crippen LogP contribution in [0.2, 0.25) is 0 Å². The number of rotatable bonds is 7. The molecule has 114 valence electrons. The van der Waals surface area contributed by atoms with E-state index < -0.39 is 0 Å². The van der Waals surface area contributed by atoms with E-state index in [4.69, 9.17) is 0 Å². The van der Waals surface area contributed by atoms with Gasteiger partial charge in [0.2, 0.25) is 0 Å². The Kier molecular flexibility index (Phi) is 5.44. The summed E-state index contributed by atoms with van der Waals surface area (Å²) in [6.45, 7) is 7.71. The van der Waals surface area contributed by atoms with Crippen molar-refractivity contribution in [3.05, 3.63) is 41.9 Å². The molecule has 0 atom stereocenters. The summed E-state index contributed by atoms with van der Waals surface area (Å²) >= 11 is 0. The molecule has 21 heavy (non-hydrogen) atoms. The number of hydrogen-bond acceptors (Lipinski definition) is 3. The minimum absolute atomic E-state index is 0.274. The van der Waals surface area contributed by atoms with Gasteiger partial charge in [0.05, 0.1) is 0 Å². The van der Waals surface area contributed by atoms with Crippen LogP contribution in [0.15, 0.2) is 24.7 Å². The molecule has 0 saturated carbocycles. The molecule has 0 aliphatic carbocycles. The normalized spacial score (nSPS) is 11.3. The molecule has 1 N–H and O–H groups in total. The number of imidazole rings is 1. The Bertz CT molecular complexity index is 577. The van der Waals surface area contributed by atoms with Crippen LogP contribution in [0, 0.1) is 11.7 Å². The monoisotopic (exact) mass is 290 g/mol. The largest absolute Gasteiger partial charge is 0.312 e. The van der Waals surface area contributed by atoms with Gasteiger partial charge in [-0.25, -0.2) is 14.4 Å². The predicted octanol–water partition coefficient (Wildman–Crippen LogP) is 3.10. The minimum Gasteiger partial charge on any atom is -0.312 e. The van der Waals surface area contributed by atoms with Gasteiger partial charge in [-0.3, -0.25) is 4.57 Å². The lowest BCUT2D eigenvalue weighted by Crippen LogP contribution is -2.20. The summed E-state index contributed by atoms with van der Waals surface area (Å²) < 4.78 is 16.4. The van der Waals surface area contributed by atoms with Gasteiger partial charge in [-0.15, -0.1) is 0 Å². The average Bonchev–Trinajstić information content (AvgIpc) is 2.89. The standard InChI is InChI=1S/C16H23FN4/c1-4-5-14-19-8-9-21(14)16-15(17)13(6-7-20-16)11-18-10-12(2)3/h6-9,12,18H,4-5,10-11H2,1-3H3. The Hall–Kier alpha value is -1.75. The average molecular weight is 290 g/mol. The van der Waals surface area contributed by atoms with Crippen molar-refractivity contribution >= 4 is 0 Å². The van der Waals surface area contributed by atoms with Crippen molar-refractivity contribution in [3.8, 4) is 5.82 Å². The van der Waals surface area contributed by atoms with Crippen LogP contribution in [0.25, 0.3) is 5.82 Å². The molecule has 0 spiro atoms. The van der Waals surface area contributed by atoms with E-state index in [1.54, 1.807) is 29.2 Å². The van der Waals surface area contributed by atoms with Crippen molar-refractivity contribution in [3.63, 3.8) is 0 Å². The summed E-state index contributed by atoms with van der Waals surface area (Å²) in [6.07, 6.45) is 6.89. The summed E-state index contributed by atoms with van der Waals surface area (Å²) in [5.41, 5.74) is 0.636. The summed E-state index contributed by atoms with van der Waals surface area (Å²) in [6, 6.07) is 1.72. The molecule has 0 aliphatic heterocycles. The molecular weight excluding hydrogens is 267 g/mol. The topological polar surface area (TPSA) is 42.7 Å². The highest BCUT2D eigenvalue weighted by atomic mass is 19.1. The maximum atomic E-state index is 14.6. The molecule has 0 aliphatic rings. The van der Waals surface area contributed by atoms with E-state index in [2.05, 4.69) is 36.1 Å². The van der Waals surface area contributed by atoms with Crippen LogP contribution in [-0.4, -0.2) is 21.1 Å². The zero-order valence-electron chi connectivity index (χ0n) is 12.9. The highest BCUT2D eigenvalue weighted by molar-refractivity contribution is 5.32. The van der Waals surface area contributed by atoms with Crippen LogP contribution in [0.1, 0.15) is 38.6 Å². The quantitative estimate of drug-likeness (QED) is 0.852. The van der Waals surface area contributed by atoms with Crippen molar-refractivity contribution < 1.29 is 4.39 Å². The molecule has 0 amide bonds. The Labute approximate surface area is 125 Å². The Balaban J connectivity index is 2.22. The second-order valence-corrected chi connectivity index (χ2v) is 5.60. The van der Waals surface area contributed by atoms with Crippen LogP contribution >= 0.6 is 0 Å². The van der Waals surface area contributed by atoms with E-state index in [9.17, 15) is 4.39 Å². The maximum absolute atomic E-state index is 14.6. The molecule has 2 rings (SSSR count). The van der Waals surface area contributed by atoms with Crippen molar-refractivity contribution in [1.82, 2.24) is 19.9 Å². The number of aryl methyl sites for hydroxylation is 1. The third-order valence-electron chi connectivity index (χ3n) is 3.24. The maximum Gasteiger partial charge on any atom is 0.174 e. The van der Waals surface area contributed by atoms with Crippen molar-refractivity contribution in [2.75, 3.05) is 6.54 Å². The number of halogens is 1. The van der Waals surface area contributed by atoms with E-state index in [0.717, 1.165) is 25.2 Å². The van der Waals surface area contributed by atoms with E-state index >= 15 is 0 Å². The van der Waals surface area contributed by atoms with Gasteiger partial charge in [-0.2, -0.15) is 0 Å². The van der Waals surface area contributed by atoms with Crippen LogP contribution in [0.3, 0.4) is 0 Å². The summed E-state index contributed by atoms with van der Waals surface area (Å²) in [4.78, 5) is 8.47. The molecule has 0 aromatic carbocycles. The van der Waals surface area contributed by atoms with Gasteiger partial charge in [-0.05, 0) is 24.9 Å². The lowest BCUT2D eigenvalue weighted by atomic mass is 10.2. The van der Waals surface area contributed by atoms with Gasteiger partial charge in [0.25, 0.3) is 0 Å². The molecule has 0 unspecified atom stereocenters. The molecule has 2 heterocycles. The number of pyridine rings is 1. The number of nitrogens with one attached hydrogen (secondary N) is 1. The first-order valence-corrected chi connectivity index (χ1v) is 7.50. The lowest BCUT2D eigenvalue weighted by molar-refractivity contribution is 0.530. The van der Waals surface area contributed by atoms with Crippen molar-refractivity contribution in [2.45, 2.75) is 40.2 Å². The first kappa shape index (κ1) is 15.6.